The van der Waals surface area contributed by atoms with E-state index in [1.54, 1.807) is 36.6 Å². The number of thiophene rings is 1. The number of carbonyl (C=O) groups excluding carboxylic acids is 3. The van der Waals surface area contributed by atoms with Gasteiger partial charge in [-0.1, -0.05) is 19.1 Å². The minimum absolute atomic E-state index is 0.0511. The SMILES string of the molecule is CCC1(C(=O)O)C(COCCN2C(=O)c3ccccc3C2=O)NC(CF)C(C)(C(=O)O)C1c1sccc1C=O. The van der Waals surface area contributed by atoms with Crippen LogP contribution in [0.1, 0.15) is 62.1 Å². The van der Waals surface area contributed by atoms with Gasteiger partial charge in [0, 0.05) is 22.4 Å². The second-order valence-electron chi connectivity index (χ2n) is 9.89. The molecule has 2 amide bonds. The minimum atomic E-state index is -1.91. The number of carboxylic acid groups (broad SMARTS) is 2. The van der Waals surface area contributed by atoms with Gasteiger partial charge in [0.1, 0.15) is 6.67 Å². The van der Waals surface area contributed by atoms with Crippen LogP contribution in [0.2, 0.25) is 0 Å². The fourth-order valence-electron chi connectivity index (χ4n) is 6.02. The normalized spacial score (nSPS) is 28.4. The molecule has 5 unspecified atom stereocenters. The van der Waals surface area contributed by atoms with Gasteiger partial charge in [-0.3, -0.25) is 28.9 Å². The number of amides is 2. The van der Waals surface area contributed by atoms with Gasteiger partial charge in [0.15, 0.2) is 6.29 Å². The number of rotatable bonds is 11. The Hall–Kier alpha value is -3.48. The lowest BCUT2D eigenvalue weighted by atomic mass is 9.52. The van der Waals surface area contributed by atoms with Crippen molar-refractivity contribution >= 4 is 41.4 Å². The maximum Gasteiger partial charge on any atom is 0.312 e. The largest absolute Gasteiger partial charge is 0.481 e. The van der Waals surface area contributed by atoms with Crippen molar-refractivity contribution in [2.45, 2.75) is 38.3 Å². The molecular weight excluding hydrogens is 531 g/mol. The first-order valence-electron chi connectivity index (χ1n) is 12.4. The van der Waals surface area contributed by atoms with Gasteiger partial charge in [0.2, 0.25) is 0 Å². The van der Waals surface area contributed by atoms with E-state index in [1.165, 1.54) is 13.0 Å². The van der Waals surface area contributed by atoms with E-state index in [0.717, 1.165) is 16.2 Å². The molecule has 0 radical (unpaired) electrons. The minimum Gasteiger partial charge on any atom is -0.481 e. The van der Waals surface area contributed by atoms with Gasteiger partial charge in [0.25, 0.3) is 11.8 Å². The lowest BCUT2D eigenvalue weighted by Crippen LogP contribution is -2.71. The van der Waals surface area contributed by atoms with E-state index in [1.807, 2.05) is 0 Å². The van der Waals surface area contributed by atoms with Crippen molar-refractivity contribution in [3.63, 3.8) is 0 Å². The number of aldehydes is 1. The van der Waals surface area contributed by atoms with Crippen molar-refractivity contribution in [1.82, 2.24) is 10.2 Å². The zero-order chi connectivity index (χ0) is 28.5. The van der Waals surface area contributed by atoms with Crippen LogP contribution < -0.4 is 5.32 Å². The second-order valence-corrected chi connectivity index (χ2v) is 10.8. The van der Waals surface area contributed by atoms with Crippen molar-refractivity contribution in [1.29, 1.82) is 0 Å². The molecule has 2 aliphatic rings. The Morgan fingerprint density at radius 2 is 1.77 bits per heavy atom. The van der Waals surface area contributed by atoms with Crippen LogP contribution in [-0.2, 0) is 14.3 Å². The summed E-state index contributed by atoms with van der Waals surface area (Å²) in [7, 11) is 0. The summed E-state index contributed by atoms with van der Waals surface area (Å²) < 4.78 is 20.2. The Labute approximate surface area is 227 Å². The molecule has 2 aliphatic heterocycles. The summed E-state index contributed by atoms with van der Waals surface area (Å²) in [6.45, 7) is 1.32. The lowest BCUT2D eigenvalue weighted by Gasteiger charge is -2.56. The second kappa shape index (κ2) is 10.9. The van der Waals surface area contributed by atoms with Crippen LogP contribution in [0.15, 0.2) is 35.7 Å². The van der Waals surface area contributed by atoms with Gasteiger partial charge in [-0.25, -0.2) is 4.39 Å². The maximum atomic E-state index is 14.4. The van der Waals surface area contributed by atoms with Gasteiger partial charge >= 0.3 is 11.9 Å². The molecule has 3 N–H and O–H groups in total. The van der Waals surface area contributed by atoms with Gasteiger partial charge in [-0.15, -0.1) is 11.3 Å². The number of carboxylic acids is 2. The Morgan fingerprint density at radius 1 is 1.13 bits per heavy atom. The first-order valence-corrected chi connectivity index (χ1v) is 13.3. The number of carbonyl (C=O) groups is 5. The number of benzene rings is 1. The number of alkyl halides is 1. The summed E-state index contributed by atoms with van der Waals surface area (Å²) in [6.07, 6.45) is 0.487. The van der Waals surface area contributed by atoms with E-state index < -0.39 is 59.3 Å². The highest BCUT2D eigenvalue weighted by Crippen LogP contribution is 2.58. The topological polar surface area (TPSA) is 150 Å². The number of hydrogen-bond donors (Lipinski definition) is 3. The third-order valence-electron chi connectivity index (χ3n) is 8.20. The average Bonchev–Trinajstić information content (AvgIpc) is 3.48. The number of imide groups is 1. The highest BCUT2D eigenvalue weighted by atomic mass is 32.1. The van der Waals surface area contributed by atoms with Crippen LogP contribution >= 0.6 is 11.3 Å². The number of fused-ring (bicyclic) bond motifs is 1. The molecule has 0 saturated carbocycles. The molecule has 4 rings (SSSR count). The van der Waals surface area contributed by atoms with Gasteiger partial charge in [0.05, 0.1) is 47.8 Å². The molecule has 1 fully saturated rings. The Bertz CT molecular complexity index is 1280. The number of halogens is 1. The monoisotopic (exact) mass is 560 g/mol. The van der Waals surface area contributed by atoms with Gasteiger partial charge in [-0.2, -0.15) is 0 Å². The third-order valence-corrected chi connectivity index (χ3v) is 9.20. The summed E-state index contributed by atoms with van der Waals surface area (Å²) in [6, 6.07) is 5.56. The van der Waals surface area contributed by atoms with E-state index >= 15 is 0 Å². The standard InChI is InChI=1S/C27H29FN2O8S/c1-3-27(25(36)37)19(14-38-10-9-30-22(32)16-6-4-5-7-17(16)23(30)33)29-18(12-28)26(2,24(34)35)21(27)20-15(13-31)8-11-39-20/h4-8,11,13,18-19,21,29H,3,9-10,12,14H2,1-2H3,(H,34,35)(H,36,37). The molecule has 0 aliphatic carbocycles. The number of hydrogen-bond acceptors (Lipinski definition) is 8. The van der Waals surface area contributed by atoms with Crippen molar-refractivity contribution in [3.8, 4) is 0 Å². The molecule has 39 heavy (non-hydrogen) atoms. The fourth-order valence-corrected chi connectivity index (χ4v) is 7.22. The molecule has 10 nitrogen and oxygen atoms in total. The average molecular weight is 561 g/mol. The Morgan fingerprint density at radius 3 is 2.28 bits per heavy atom. The summed E-state index contributed by atoms with van der Waals surface area (Å²) in [5, 5.41) is 25.4. The van der Waals surface area contributed by atoms with Crippen LogP contribution in [-0.4, -0.2) is 83.7 Å². The highest BCUT2D eigenvalue weighted by Gasteiger charge is 2.67. The molecule has 2 aromatic rings. The smallest absolute Gasteiger partial charge is 0.312 e. The molecule has 3 heterocycles. The molecule has 0 spiro atoms. The number of piperidine rings is 1. The van der Waals surface area contributed by atoms with Crippen molar-refractivity contribution in [2.24, 2.45) is 10.8 Å². The quantitative estimate of drug-likeness (QED) is 0.214. The van der Waals surface area contributed by atoms with Crippen LogP contribution in [0.5, 0.6) is 0 Å². The van der Waals surface area contributed by atoms with Crippen molar-refractivity contribution in [2.75, 3.05) is 26.4 Å². The zero-order valence-electron chi connectivity index (χ0n) is 21.4. The van der Waals surface area contributed by atoms with Gasteiger partial charge < -0.3 is 20.3 Å². The molecule has 1 aromatic heterocycles. The summed E-state index contributed by atoms with van der Waals surface area (Å²) in [5.74, 6) is -4.89. The van der Waals surface area contributed by atoms with E-state index in [2.05, 4.69) is 5.32 Å². The molecule has 1 aromatic carbocycles. The van der Waals surface area contributed by atoms with E-state index in [-0.39, 0.29) is 47.7 Å². The Balaban J connectivity index is 1.63. The van der Waals surface area contributed by atoms with Crippen LogP contribution in [0, 0.1) is 10.8 Å². The molecule has 12 heteroatoms. The van der Waals surface area contributed by atoms with Crippen LogP contribution in [0.3, 0.4) is 0 Å². The summed E-state index contributed by atoms with van der Waals surface area (Å²) in [4.78, 5) is 64.1. The number of aliphatic carboxylic acids is 2. The highest BCUT2D eigenvalue weighted by molar-refractivity contribution is 7.10. The number of ether oxygens (including phenoxy) is 1. The predicted molar refractivity (Wildman–Crippen MR) is 138 cm³/mol. The van der Waals surface area contributed by atoms with Crippen LogP contribution in [0.25, 0.3) is 0 Å². The summed E-state index contributed by atoms with van der Waals surface area (Å²) in [5.41, 5.74) is -2.98. The van der Waals surface area contributed by atoms with Crippen LogP contribution in [0.4, 0.5) is 4.39 Å². The van der Waals surface area contributed by atoms with E-state index in [0.29, 0.717) is 6.29 Å². The molecule has 0 bridgehead atoms. The fraction of sp³-hybridized carbons (Fsp3) is 0.444. The molecule has 5 atom stereocenters. The van der Waals surface area contributed by atoms with Gasteiger partial charge in [-0.05, 0) is 36.9 Å². The third kappa shape index (κ3) is 4.36. The maximum absolute atomic E-state index is 14.4. The number of nitrogens with one attached hydrogen (secondary N) is 1. The van der Waals surface area contributed by atoms with E-state index in [4.69, 9.17) is 4.74 Å². The number of nitrogens with zero attached hydrogens (tertiary/aromatic N) is 1. The van der Waals surface area contributed by atoms with Crippen molar-refractivity contribution in [3.05, 3.63) is 57.3 Å². The van der Waals surface area contributed by atoms with E-state index in [9.17, 15) is 38.6 Å². The lowest BCUT2D eigenvalue weighted by molar-refractivity contribution is -0.175. The Kier molecular flexibility index (Phi) is 8.01. The summed E-state index contributed by atoms with van der Waals surface area (Å²) >= 11 is 1.06. The first-order chi connectivity index (χ1) is 18.6. The zero-order valence-corrected chi connectivity index (χ0v) is 22.2. The molecular formula is C27H29FN2O8S. The molecule has 1 saturated heterocycles. The predicted octanol–water partition coefficient (Wildman–Crippen LogP) is 2.84. The van der Waals surface area contributed by atoms with Crippen molar-refractivity contribution < 1.29 is 43.3 Å². The first kappa shape index (κ1) is 28.5. The molecule has 208 valence electrons.